The predicted octanol–water partition coefficient (Wildman–Crippen LogP) is 2.31. The summed E-state index contributed by atoms with van der Waals surface area (Å²) in [6.45, 7) is 5.74. The molecule has 0 aliphatic rings. The van der Waals surface area contributed by atoms with Crippen LogP contribution in [0.2, 0.25) is 0 Å². The number of alkyl carbamates (subject to hydrolysis) is 1. The van der Waals surface area contributed by atoms with Crippen molar-refractivity contribution in [2.45, 2.75) is 26.4 Å². The molecule has 0 spiro atoms. The van der Waals surface area contributed by atoms with E-state index >= 15 is 0 Å². The molecule has 0 aliphatic carbocycles. The maximum Gasteiger partial charge on any atom is 0.407 e. The molecular weight excluding hydrogens is 251 g/mol. The van der Waals surface area contributed by atoms with Crippen LogP contribution in [0.15, 0.2) is 18.2 Å². The molecule has 3 N–H and O–H groups in total. The van der Waals surface area contributed by atoms with Crippen LogP contribution in [0, 0.1) is 5.82 Å². The van der Waals surface area contributed by atoms with Crippen molar-refractivity contribution in [1.82, 2.24) is 5.32 Å². The minimum Gasteiger partial charge on any atom is -0.489 e. The monoisotopic (exact) mass is 270 g/mol. The number of carbonyl (C=O) groups excluding carboxylic acids is 1. The normalized spacial score (nSPS) is 10.9. The summed E-state index contributed by atoms with van der Waals surface area (Å²) in [6.07, 6.45) is -0.525. The molecule has 0 heterocycles. The van der Waals surface area contributed by atoms with E-state index in [4.69, 9.17) is 15.2 Å². The number of nitrogen functional groups attached to an aromatic ring is 1. The number of amides is 1. The van der Waals surface area contributed by atoms with Gasteiger partial charge in [0.1, 0.15) is 29.5 Å². The molecule has 0 unspecified atom stereocenters. The van der Waals surface area contributed by atoms with Gasteiger partial charge in [-0.05, 0) is 32.9 Å². The maximum absolute atomic E-state index is 13.1. The van der Waals surface area contributed by atoms with Gasteiger partial charge in [0.15, 0.2) is 0 Å². The van der Waals surface area contributed by atoms with E-state index < -0.39 is 17.5 Å². The third kappa shape index (κ3) is 5.46. The SMILES string of the molecule is CC(C)(C)OC(=O)NCCOc1cccc(F)c1N. The van der Waals surface area contributed by atoms with E-state index in [0.717, 1.165) is 0 Å². The third-order valence-corrected chi connectivity index (χ3v) is 2.04. The minimum atomic E-state index is -0.544. The molecule has 1 aromatic carbocycles. The molecule has 0 saturated carbocycles. The summed E-state index contributed by atoms with van der Waals surface area (Å²) in [5.41, 5.74) is 4.91. The molecule has 0 radical (unpaired) electrons. The van der Waals surface area contributed by atoms with Crippen molar-refractivity contribution in [2.24, 2.45) is 0 Å². The summed E-state index contributed by atoms with van der Waals surface area (Å²) in [4.78, 5) is 11.3. The van der Waals surface area contributed by atoms with Crippen molar-refractivity contribution in [3.05, 3.63) is 24.0 Å². The number of anilines is 1. The van der Waals surface area contributed by atoms with Crippen molar-refractivity contribution in [1.29, 1.82) is 0 Å². The van der Waals surface area contributed by atoms with Gasteiger partial charge in [-0.15, -0.1) is 0 Å². The Morgan fingerprint density at radius 1 is 1.42 bits per heavy atom. The Hall–Kier alpha value is -1.98. The van der Waals surface area contributed by atoms with E-state index in [2.05, 4.69) is 5.32 Å². The molecule has 0 saturated heterocycles. The molecule has 1 amide bonds. The molecule has 5 nitrogen and oxygen atoms in total. The third-order valence-electron chi connectivity index (χ3n) is 2.04. The van der Waals surface area contributed by atoms with Gasteiger partial charge in [-0.1, -0.05) is 6.07 Å². The van der Waals surface area contributed by atoms with Crippen molar-refractivity contribution in [2.75, 3.05) is 18.9 Å². The average Bonchev–Trinajstić information content (AvgIpc) is 2.27. The van der Waals surface area contributed by atoms with Crippen LogP contribution in [0.5, 0.6) is 5.75 Å². The van der Waals surface area contributed by atoms with E-state index in [9.17, 15) is 9.18 Å². The van der Waals surface area contributed by atoms with Gasteiger partial charge in [0.25, 0.3) is 0 Å². The molecule has 1 rings (SSSR count). The molecule has 0 fully saturated rings. The summed E-state index contributed by atoms with van der Waals surface area (Å²) in [5.74, 6) is -0.274. The van der Waals surface area contributed by atoms with Gasteiger partial charge in [-0.2, -0.15) is 0 Å². The number of nitrogens with two attached hydrogens (primary N) is 1. The van der Waals surface area contributed by atoms with E-state index in [1.165, 1.54) is 12.1 Å². The van der Waals surface area contributed by atoms with Crippen molar-refractivity contribution in [3.63, 3.8) is 0 Å². The largest absolute Gasteiger partial charge is 0.489 e. The number of ether oxygens (including phenoxy) is 2. The topological polar surface area (TPSA) is 73.6 Å². The van der Waals surface area contributed by atoms with Gasteiger partial charge in [0.05, 0.1) is 6.54 Å². The number of carbonyl (C=O) groups is 1. The summed E-state index contributed by atoms with van der Waals surface area (Å²) in [7, 11) is 0. The fraction of sp³-hybridized carbons (Fsp3) is 0.462. The van der Waals surface area contributed by atoms with E-state index in [-0.39, 0.29) is 24.6 Å². The molecule has 106 valence electrons. The van der Waals surface area contributed by atoms with Crippen LogP contribution in [-0.2, 0) is 4.74 Å². The number of hydrogen-bond acceptors (Lipinski definition) is 4. The first-order valence-electron chi connectivity index (χ1n) is 5.93. The molecular formula is C13H19FN2O3. The zero-order valence-electron chi connectivity index (χ0n) is 11.3. The first-order valence-corrected chi connectivity index (χ1v) is 5.93. The Morgan fingerprint density at radius 3 is 2.74 bits per heavy atom. The zero-order valence-corrected chi connectivity index (χ0v) is 11.3. The van der Waals surface area contributed by atoms with E-state index in [1.54, 1.807) is 26.8 Å². The zero-order chi connectivity index (χ0) is 14.5. The van der Waals surface area contributed by atoms with Crippen molar-refractivity contribution in [3.8, 4) is 5.75 Å². The van der Waals surface area contributed by atoms with Gasteiger partial charge in [-0.3, -0.25) is 0 Å². The van der Waals surface area contributed by atoms with Crippen LogP contribution in [-0.4, -0.2) is 24.8 Å². The van der Waals surface area contributed by atoms with Gasteiger partial charge in [-0.25, -0.2) is 9.18 Å². The van der Waals surface area contributed by atoms with Gasteiger partial charge < -0.3 is 20.5 Å². The highest BCUT2D eigenvalue weighted by Gasteiger charge is 2.15. The summed E-state index contributed by atoms with van der Waals surface area (Å²) < 4.78 is 23.4. The highest BCUT2D eigenvalue weighted by atomic mass is 19.1. The lowest BCUT2D eigenvalue weighted by Crippen LogP contribution is -2.34. The lowest BCUT2D eigenvalue weighted by molar-refractivity contribution is 0.0520. The second kappa shape index (κ2) is 6.26. The lowest BCUT2D eigenvalue weighted by atomic mass is 10.2. The number of para-hydroxylation sites is 1. The van der Waals surface area contributed by atoms with Crippen LogP contribution >= 0.6 is 0 Å². The quantitative estimate of drug-likeness (QED) is 0.650. The molecule has 0 aliphatic heterocycles. The highest BCUT2D eigenvalue weighted by Crippen LogP contribution is 2.23. The van der Waals surface area contributed by atoms with Gasteiger partial charge >= 0.3 is 6.09 Å². The van der Waals surface area contributed by atoms with E-state index in [0.29, 0.717) is 0 Å². The van der Waals surface area contributed by atoms with Crippen LogP contribution in [0.3, 0.4) is 0 Å². The number of hydrogen-bond donors (Lipinski definition) is 2. The second-order valence-corrected chi connectivity index (χ2v) is 4.93. The Morgan fingerprint density at radius 2 is 2.11 bits per heavy atom. The number of nitrogens with one attached hydrogen (secondary N) is 1. The number of rotatable bonds is 4. The van der Waals surface area contributed by atoms with Crippen molar-refractivity contribution < 1.29 is 18.7 Å². The summed E-state index contributed by atoms with van der Waals surface area (Å²) in [5, 5.41) is 2.52. The maximum atomic E-state index is 13.1. The first-order chi connectivity index (χ1) is 8.79. The average molecular weight is 270 g/mol. The minimum absolute atomic E-state index is 0.0419. The van der Waals surface area contributed by atoms with Gasteiger partial charge in [0.2, 0.25) is 0 Å². The Bertz CT molecular complexity index is 444. The van der Waals surface area contributed by atoms with Gasteiger partial charge in [0, 0.05) is 0 Å². The Kier molecular flexibility index (Phi) is 4.97. The highest BCUT2D eigenvalue weighted by molar-refractivity contribution is 5.67. The molecule has 0 bridgehead atoms. The van der Waals surface area contributed by atoms with E-state index in [1.807, 2.05) is 0 Å². The molecule has 19 heavy (non-hydrogen) atoms. The molecule has 1 aromatic rings. The van der Waals surface area contributed by atoms with Crippen LogP contribution in [0.25, 0.3) is 0 Å². The first kappa shape index (κ1) is 15.1. The fourth-order valence-electron chi connectivity index (χ4n) is 1.27. The van der Waals surface area contributed by atoms with Crippen LogP contribution in [0.1, 0.15) is 20.8 Å². The summed E-state index contributed by atoms with van der Waals surface area (Å²) in [6, 6.07) is 4.31. The smallest absolute Gasteiger partial charge is 0.407 e. The predicted molar refractivity (Wildman–Crippen MR) is 70.5 cm³/mol. The van der Waals surface area contributed by atoms with Crippen LogP contribution < -0.4 is 15.8 Å². The number of halogens is 1. The Balaban J connectivity index is 2.32. The Labute approximate surface area is 111 Å². The molecule has 6 heteroatoms. The summed E-state index contributed by atoms with van der Waals surface area (Å²) >= 11 is 0. The van der Waals surface area contributed by atoms with Crippen LogP contribution in [0.4, 0.5) is 14.9 Å². The number of benzene rings is 1. The molecule has 0 aromatic heterocycles. The second-order valence-electron chi connectivity index (χ2n) is 4.93. The lowest BCUT2D eigenvalue weighted by Gasteiger charge is -2.19. The standard InChI is InChI=1S/C13H19FN2O3/c1-13(2,3)19-12(17)16-7-8-18-10-6-4-5-9(14)11(10)15/h4-6H,7-8,15H2,1-3H3,(H,16,17). The molecule has 0 atom stereocenters. The fourth-order valence-corrected chi connectivity index (χ4v) is 1.27. The van der Waals surface area contributed by atoms with Crippen molar-refractivity contribution >= 4 is 11.8 Å².